The molecule has 0 atom stereocenters. The minimum atomic E-state index is -0.0120. The van der Waals surface area contributed by atoms with Gasteiger partial charge >= 0.3 is 0 Å². The Balaban J connectivity index is 1.86. The number of rotatable bonds is 5. The first-order valence-electron chi connectivity index (χ1n) is 6.07. The van der Waals surface area contributed by atoms with Crippen molar-refractivity contribution >= 4 is 17.4 Å². The van der Waals surface area contributed by atoms with E-state index in [1.165, 1.54) is 0 Å². The van der Waals surface area contributed by atoms with E-state index in [-0.39, 0.29) is 12.4 Å². The lowest BCUT2D eigenvalue weighted by Crippen LogP contribution is -2.09. The number of ketones is 1. The average molecular weight is 275 g/mol. The van der Waals surface area contributed by atoms with Crippen LogP contribution in [0.25, 0.3) is 0 Å². The van der Waals surface area contributed by atoms with Gasteiger partial charge in [0.2, 0.25) is 0 Å². The van der Waals surface area contributed by atoms with Gasteiger partial charge in [-0.3, -0.25) is 4.79 Å². The second-order valence-corrected chi connectivity index (χ2v) is 4.85. The number of benzene rings is 2. The van der Waals surface area contributed by atoms with Crippen LogP contribution < -0.4 is 0 Å². The van der Waals surface area contributed by atoms with Gasteiger partial charge in [0, 0.05) is 10.6 Å². The Labute approximate surface area is 118 Å². The molecule has 0 N–H and O–H groups in total. The third kappa shape index (κ3) is 4.19. The molecule has 0 unspecified atom stereocenters. The van der Waals surface area contributed by atoms with Crippen LogP contribution in [0.15, 0.2) is 48.5 Å². The largest absolute Gasteiger partial charge is 0.369 e. The molecule has 0 amide bonds. The fraction of sp³-hybridized carbons (Fsp3) is 0.188. The minimum Gasteiger partial charge on any atom is -0.369 e. The molecule has 0 heterocycles. The highest BCUT2D eigenvalue weighted by Gasteiger charge is 2.05. The van der Waals surface area contributed by atoms with Gasteiger partial charge in [0.1, 0.15) is 6.61 Å². The molecule has 0 saturated carbocycles. The van der Waals surface area contributed by atoms with Crippen LogP contribution in [0, 0.1) is 6.92 Å². The average Bonchev–Trinajstić information content (AvgIpc) is 2.39. The lowest BCUT2D eigenvalue weighted by molar-refractivity contribution is 0.0726. The first-order chi connectivity index (χ1) is 9.15. The molecule has 2 aromatic carbocycles. The van der Waals surface area contributed by atoms with E-state index in [2.05, 4.69) is 0 Å². The highest BCUT2D eigenvalue weighted by molar-refractivity contribution is 6.30. The molecule has 0 aliphatic rings. The van der Waals surface area contributed by atoms with Crippen LogP contribution in [0.1, 0.15) is 21.5 Å². The monoisotopic (exact) mass is 274 g/mol. The van der Waals surface area contributed by atoms with E-state index in [1.807, 2.05) is 55.5 Å². The van der Waals surface area contributed by atoms with E-state index in [4.69, 9.17) is 16.3 Å². The Hall–Kier alpha value is -1.64. The number of ether oxygens (including phenoxy) is 1. The summed E-state index contributed by atoms with van der Waals surface area (Å²) in [5, 5.41) is 0.672. The van der Waals surface area contributed by atoms with E-state index in [1.54, 1.807) is 0 Å². The van der Waals surface area contributed by atoms with Gasteiger partial charge in [-0.2, -0.15) is 0 Å². The molecule has 3 heteroatoms. The van der Waals surface area contributed by atoms with Crippen molar-refractivity contribution in [2.75, 3.05) is 6.61 Å². The Morgan fingerprint density at radius 1 is 1.16 bits per heavy atom. The van der Waals surface area contributed by atoms with Crippen molar-refractivity contribution in [3.8, 4) is 0 Å². The summed E-state index contributed by atoms with van der Waals surface area (Å²) in [5.74, 6) is -0.0120. The Morgan fingerprint density at radius 3 is 2.58 bits per heavy atom. The third-order valence-corrected chi connectivity index (χ3v) is 3.00. The lowest BCUT2D eigenvalue weighted by Gasteiger charge is -2.05. The van der Waals surface area contributed by atoms with E-state index in [0.29, 0.717) is 17.2 Å². The maximum atomic E-state index is 11.9. The molecule has 2 rings (SSSR count). The Morgan fingerprint density at radius 2 is 1.89 bits per heavy atom. The zero-order valence-corrected chi connectivity index (χ0v) is 11.5. The first-order valence-corrected chi connectivity index (χ1v) is 6.45. The predicted octanol–water partition coefficient (Wildman–Crippen LogP) is 4.05. The second-order valence-electron chi connectivity index (χ2n) is 4.41. The predicted molar refractivity (Wildman–Crippen MR) is 76.6 cm³/mol. The summed E-state index contributed by atoms with van der Waals surface area (Å²) in [6.45, 7) is 2.46. The van der Waals surface area contributed by atoms with Crippen molar-refractivity contribution in [2.24, 2.45) is 0 Å². The van der Waals surface area contributed by atoms with Gasteiger partial charge in [-0.05, 0) is 24.6 Å². The molecule has 0 aliphatic carbocycles. The third-order valence-electron chi connectivity index (χ3n) is 2.76. The van der Waals surface area contributed by atoms with Crippen LogP contribution in [0.2, 0.25) is 5.02 Å². The molecule has 2 aromatic rings. The van der Waals surface area contributed by atoms with Crippen molar-refractivity contribution < 1.29 is 9.53 Å². The summed E-state index contributed by atoms with van der Waals surface area (Å²) >= 11 is 5.87. The SMILES string of the molecule is Cc1ccc(C(=O)COCc2cccc(Cl)c2)cc1. The van der Waals surface area contributed by atoms with Gasteiger partial charge in [-0.15, -0.1) is 0 Å². The van der Waals surface area contributed by atoms with Gasteiger partial charge in [-0.25, -0.2) is 0 Å². The van der Waals surface area contributed by atoms with Crippen LogP contribution >= 0.6 is 11.6 Å². The van der Waals surface area contributed by atoms with Crippen molar-refractivity contribution in [1.82, 2.24) is 0 Å². The summed E-state index contributed by atoms with van der Waals surface area (Å²) < 4.78 is 5.41. The molecular formula is C16H15ClO2. The summed E-state index contributed by atoms with van der Waals surface area (Å²) in [6, 6.07) is 14.9. The van der Waals surface area contributed by atoms with Gasteiger partial charge in [0.25, 0.3) is 0 Å². The lowest BCUT2D eigenvalue weighted by atomic mass is 10.1. The number of halogens is 1. The zero-order chi connectivity index (χ0) is 13.7. The van der Waals surface area contributed by atoms with Crippen molar-refractivity contribution in [2.45, 2.75) is 13.5 Å². The van der Waals surface area contributed by atoms with E-state index in [0.717, 1.165) is 11.1 Å². The normalized spacial score (nSPS) is 10.4. The number of hydrogen-bond donors (Lipinski definition) is 0. The number of Topliss-reactive ketones (excluding diaryl/α,β-unsaturated/α-hetero) is 1. The highest BCUT2D eigenvalue weighted by atomic mass is 35.5. The molecule has 0 radical (unpaired) electrons. The van der Waals surface area contributed by atoms with Crippen LogP contribution in [0.5, 0.6) is 0 Å². The molecule has 98 valence electrons. The molecule has 0 bridgehead atoms. The van der Waals surface area contributed by atoms with Crippen molar-refractivity contribution in [3.05, 3.63) is 70.2 Å². The number of aryl methyl sites for hydroxylation is 1. The summed E-state index contributed by atoms with van der Waals surface area (Å²) in [5.41, 5.74) is 2.78. The number of carbonyl (C=O) groups excluding carboxylic acids is 1. The number of hydrogen-bond acceptors (Lipinski definition) is 2. The summed E-state index contributed by atoms with van der Waals surface area (Å²) in [6.07, 6.45) is 0. The molecule has 0 spiro atoms. The number of carbonyl (C=O) groups is 1. The van der Waals surface area contributed by atoms with Gasteiger partial charge < -0.3 is 4.74 Å². The highest BCUT2D eigenvalue weighted by Crippen LogP contribution is 2.11. The van der Waals surface area contributed by atoms with Gasteiger partial charge in [0.15, 0.2) is 5.78 Å². The molecule has 19 heavy (non-hydrogen) atoms. The molecule has 2 nitrogen and oxygen atoms in total. The van der Waals surface area contributed by atoms with Crippen LogP contribution in [-0.2, 0) is 11.3 Å². The fourth-order valence-corrected chi connectivity index (χ4v) is 1.92. The molecule has 0 aromatic heterocycles. The summed E-state index contributed by atoms with van der Waals surface area (Å²) in [4.78, 5) is 11.9. The molecule has 0 fully saturated rings. The van der Waals surface area contributed by atoms with Crippen molar-refractivity contribution in [1.29, 1.82) is 0 Å². The first kappa shape index (κ1) is 13.8. The molecular weight excluding hydrogens is 260 g/mol. The van der Waals surface area contributed by atoms with Gasteiger partial charge in [0.05, 0.1) is 6.61 Å². The maximum absolute atomic E-state index is 11.9. The smallest absolute Gasteiger partial charge is 0.188 e. The standard InChI is InChI=1S/C16H15ClO2/c1-12-5-7-14(8-6-12)16(18)11-19-10-13-3-2-4-15(17)9-13/h2-9H,10-11H2,1H3. The minimum absolute atomic E-state index is 0.0120. The Kier molecular flexibility index (Phi) is 4.72. The maximum Gasteiger partial charge on any atom is 0.188 e. The van der Waals surface area contributed by atoms with Crippen molar-refractivity contribution in [3.63, 3.8) is 0 Å². The quantitative estimate of drug-likeness (QED) is 0.769. The summed E-state index contributed by atoms with van der Waals surface area (Å²) in [7, 11) is 0. The van der Waals surface area contributed by atoms with Crippen LogP contribution in [-0.4, -0.2) is 12.4 Å². The molecule has 0 aliphatic heterocycles. The zero-order valence-electron chi connectivity index (χ0n) is 10.7. The topological polar surface area (TPSA) is 26.3 Å². The fourth-order valence-electron chi connectivity index (χ4n) is 1.71. The second kappa shape index (κ2) is 6.50. The van der Waals surface area contributed by atoms with Gasteiger partial charge in [-0.1, -0.05) is 53.6 Å². The van der Waals surface area contributed by atoms with Crippen LogP contribution in [0.4, 0.5) is 0 Å². The molecule has 0 saturated heterocycles. The van der Waals surface area contributed by atoms with E-state index in [9.17, 15) is 4.79 Å². The Bertz CT molecular complexity index is 561. The van der Waals surface area contributed by atoms with Crippen LogP contribution in [0.3, 0.4) is 0 Å². The van der Waals surface area contributed by atoms with E-state index < -0.39 is 0 Å². The van der Waals surface area contributed by atoms with E-state index >= 15 is 0 Å².